The second-order valence-corrected chi connectivity index (χ2v) is 7.99. The molecule has 0 fully saturated rings. The molecule has 0 amide bonds. The van der Waals surface area contributed by atoms with Crippen molar-refractivity contribution in [3.05, 3.63) is 66.0 Å². The summed E-state index contributed by atoms with van der Waals surface area (Å²) in [4.78, 5) is 4.26. The Morgan fingerprint density at radius 1 is 0.893 bits per heavy atom. The van der Waals surface area contributed by atoms with Crippen molar-refractivity contribution in [3.8, 4) is 0 Å². The van der Waals surface area contributed by atoms with Crippen molar-refractivity contribution in [2.24, 2.45) is 0 Å². The van der Waals surface area contributed by atoms with Crippen molar-refractivity contribution in [1.82, 2.24) is 19.9 Å². The van der Waals surface area contributed by atoms with Gasteiger partial charge < -0.3 is 10.6 Å². The lowest BCUT2D eigenvalue weighted by Crippen LogP contribution is -2.29. The maximum absolute atomic E-state index is 12.5. The molecule has 0 aliphatic heterocycles. The van der Waals surface area contributed by atoms with Crippen LogP contribution in [0.1, 0.15) is 11.1 Å². The molecule has 2 heterocycles. The van der Waals surface area contributed by atoms with E-state index in [1.165, 1.54) is 0 Å². The van der Waals surface area contributed by atoms with Gasteiger partial charge in [-0.15, -0.1) is 10.2 Å². The van der Waals surface area contributed by atoms with Gasteiger partial charge in [-0.05, 0) is 55.3 Å². The van der Waals surface area contributed by atoms with Crippen LogP contribution in [0, 0.1) is 13.8 Å². The highest BCUT2D eigenvalue weighted by Gasteiger charge is 2.16. The molecule has 3 aromatic rings. The van der Waals surface area contributed by atoms with Crippen LogP contribution in [0.25, 0.3) is 0 Å². The molecule has 0 aliphatic rings. The molecule has 0 saturated carbocycles. The molecule has 9 heteroatoms. The van der Waals surface area contributed by atoms with Crippen LogP contribution in [0.15, 0.2) is 59.8 Å². The summed E-state index contributed by atoms with van der Waals surface area (Å²) in [6.45, 7) is 4.26. The van der Waals surface area contributed by atoms with Gasteiger partial charge in [0.2, 0.25) is 10.0 Å². The lowest BCUT2D eigenvalue weighted by molar-refractivity contribution is 0.582. The largest absolute Gasteiger partial charge is 0.367 e. The van der Waals surface area contributed by atoms with Gasteiger partial charge in [-0.2, -0.15) is 0 Å². The number of nitrogens with one attached hydrogen (secondary N) is 3. The average molecular weight is 398 g/mol. The zero-order chi connectivity index (χ0) is 20.0. The molecule has 0 radical (unpaired) electrons. The average Bonchev–Trinajstić information content (AvgIpc) is 2.69. The molecule has 0 bridgehead atoms. The van der Waals surface area contributed by atoms with E-state index < -0.39 is 10.0 Å². The van der Waals surface area contributed by atoms with Crippen molar-refractivity contribution in [2.75, 3.05) is 23.7 Å². The highest BCUT2D eigenvalue weighted by atomic mass is 32.2. The van der Waals surface area contributed by atoms with E-state index in [0.29, 0.717) is 28.6 Å². The fourth-order valence-corrected chi connectivity index (χ4v) is 3.89. The van der Waals surface area contributed by atoms with Gasteiger partial charge in [-0.25, -0.2) is 13.1 Å². The Morgan fingerprint density at radius 3 is 2.32 bits per heavy atom. The van der Waals surface area contributed by atoms with Crippen molar-refractivity contribution in [2.45, 2.75) is 18.7 Å². The number of anilines is 3. The summed E-state index contributed by atoms with van der Waals surface area (Å²) in [5.41, 5.74) is 2.49. The van der Waals surface area contributed by atoms with Crippen LogP contribution < -0.4 is 15.4 Å². The van der Waals surface area contributed by atoms with Crippen LogP contribution in [0.3, 0.4) is 0 Å². The fourth-order valence-electron chi connectivity index (χ4n) is 2.53. The lowest BCUT2D eigenvalue weighted by Gasteiger charge is -2.11. The topological polar surface area (TPSA) is 109 Å². The number of rotatable bonds is 8. The number of hydrogen-bond donors (Lipinski definition) is 3. The minimum atomic E-state index is -3.55. The first kappa shape index (κ1) is 19.7. The predicted octanol–water partition coefficient (Wildman–Crippen LogP) is 2.62. The molecule has 0 saturated heterocycles. The number of pyridine rings is 1. The zero-order valence-electron chi connectivity index (χ0n) is 15.7. The van der Waals surface area contributed by atoms with Crippen LogP contribution in [0.2, 0.25) is 0 Å². The zero-order valence-corrected chi connectivity index (χ0v) is 16.5. The van der Waals surface area contributed by atoms with Crippen molar-refractivity contribution < 1.29 is 8.42 Å². The van der Waals surface area contributed by atoms with Crippen LogP contribution in [0.4, 0.5) is 17.3 Å². The van der Waals surface area contributed by atoms with E-state index in [1.807, 2.05) is 25.1 Å². The van der Waals surface area contributed by atoms with E-state index in [4.69, 9.17) is 0 Å². The molecule has 3 N–H and O–H groups in total. The molecule has 3 rings (SSSR count). The molecule has 0 spiro atoms. The smallest absolute Gasteiger partial charge is 0.240 e. The summed E-state index contributed by atoms with van der Waals surface area (Å²) < 4.78 is 27.5. The maximum atomic E-state index is 12.5. The second kappa shape index (κ2) is 8.77. The first-order valence-corrected chi connectivity index (χ1v) is 10.2. The van der Waals surface area contributed by atoms with Gasteiger partial charge in [-0.1, -0.05) is 12.1 Å². The standard InChI is InChI=1S/C19H22N6O2S/c1-14-3-4-15(2)17(13-14)28(26,27)22-12-11-21-18-5-6-19(25-24-18)23-16-7-9-20-10-8-16/h3-10,13,22H,11-12H2,1-2H3,(H,21,24)(H,20,23,25). The minimum absolute atomic E-state index is 0.231. The third-order valence-corrected chi connectivity index (χ3v) is 5.58. The van der Waals surface area contributed by atoms with Crippen LogP contribution in [-0.4, -0.2) is 36.7 Å². The van der Waals surface area contributed by atoms with Gasteiger partial charge in [0.25, 0.3) is 0 Å². The number of aromatic nitrogens is 3. The molecule has 0 aliphatic carbocycles. The Morgan fingerprint density at radius 2 is 1.61 bits per heavy atom. The van der Waals surface area contributed by atoms with E-state index in [9.17, 15) is 8.42 Å². The SMILES string of the molecule is Cc1ccc(C)c(S(=O)(=O)NCCNc2ccc(Nc3ccncc3)nn2)c1. The van der Waals surface area contributed by atoms with Crippen molar-refractivity contribution in [3.63, 3.8) is 0 Å². The highest BCUT2D eigenvalue weighted by molar-refractivity contribution is 7.89. The molecule has 0 atom stereocenters. The van der Waals surface area contributed by atoms with E-state index in [1.54, 1.807) is 43.6 Å². The molecule has 2 aromatic heterocycles. The first-order chi connectivity index (χ1) is 13.4. The molecular formula is C19H22N6O2S. The maximum Gasteiger partial charge on any atom is 0.240 e. The van der Waals surface area contributed by atoms with E-state index in [-0.39, 0.29) is 6.54 Å². The lowest BCUT2D eigenvalue weighted by atomic mass is 10.2. The molecule has 8 nitrogen and oxygen atoms in total. The Bertz CT molecular complexity index is 1020. The quantitative estimate of drug-likeness (QED) is 0.501. The third kappa shape index (κ3) is 5.24. The second-order valence-electron chi connectivity index (χ2n) is 6.26. The van der Waals surface area contributed by atoms with E-state index in [0.717, 1.165) is 11.3 Å². The van der Waals surface area contributed by atoms with E-state index in [2.05, 4.69) is 30.5 Å². The normalized spacial score (nSPS) is 11.2. The number of nitrogens with zero attached hydrogens (tertiary/aromatic N) is 3. The van der Waals surface area contributed by atoms with Gasteiger partial charge >= 0.3 is 0 Å². The Hall–Kier alpha value is -3.04. The predicted molar refractivity (Wildman–Crippen MR) is 109 cm³/mol. The Kier molecular flexibility index (Phi) is 6.17. The van der Waals surface area contributed by atoms with Gasteiger partial charge in [0, 0.05) is 31.2 Å². The van der Waals surface area contributed by atoms with Gasteiger partial charge in [0.1, 0.15) is 5.82 Å². The summed E-state index contributed by atoms with van der Waals surface area (Å²) in [5.74, 6) is 1.17. The number of sulfonamides is 1. The van der Waals surface area contributed by atoms with Gasteiger partial charge in [0.05, 0.1) is 4.90 Å². The van der Waals surface area contributed by atoms with Crippen LogP contribution >= 0.6 is 0 Å². The van der Waals surface area contributed by atoms with Gasteiger partial charge in [-0.3, -0.25) is 4.98 Å². The summed E-state index contributed by atoms with van der Waals surface area (Å²) in [5, 5.41) is 14.3. The van der Waals surface area contributed by atoms with Crippen LogP contribution in [-0.2, 0) is 10.0 Å². The Balaban J connectivity index is 1.50. The monoisotopic (exact) mass is 398 g/mol. The molecule has 1 aromatic carbocycles. The number of aryl methyl sites for hydroxylation is 2. The van der Waals surface area contributed by atoms with Gasteiger partial charge in [0.15, 0.2) is 5.82 Å². The van der Waals surface area contributed by atoms with Crippen molar-refractivity contribution >= 4 is 27.3 Å². The molecular weight excluding hydrogens is 376 g/mol. The highest BCUT2D eigenvalue weighted by Crippen LogP contribution is 2.16. The number of hydrogen-bond acceptors (Lipinski definition) is 7. The minimum Gasteiger partial charge on any atom is -0.367 e. The Labute approximate surface area is 164 Å². The summed E-state index contributed by atoms with van der Waals surface area (Å²) in [7, 11) is -3.55. The summed E-state index contributed by atoms with van der Waals surface area (Å²) in [6.07, 6.45) is 3.37. The molecule has 146 valence electrons. The molecule has 28 heavy (non-hydrogen) atoms. The summed E-state index contributed by atoms with van der Waals surface area (Å²) in [6, 6.07) is 12.6. The first-order valence-electron chi connectivity index (χ1n) is 8.76. The third-order valence-electron chi connectivity index (χ3n) is 3.97. The summed E-state index contributed by atoms with van der Waals surface area (Å²) >= 11 is 0. The molecule has 0 unspecified atom stereocenters. The van der Waals surface area contributed by atoms with Crippen molar-refractivity contribution in [1.29, 1.82) is 0 Å². The van der Waals surface area contributed by atoms with Crippen LogP contribution in [0.5, 0.6) is 0 Å². The number of benzene rings is 1. The van der Waals surface area contributed by atoms with E-state index >= 15 is 0 Å². The fraction of sp³-hybridized carbons (Fsp3) is 0.211.